The molecule has 1 aromatic heterocycles. The summed E-state index contributed by atoms with van der Waals surface area (Å²) in [5, 5.41) is 5.84. The van der Waals surface area contributed by atoms with Gasteiger partial charge in [-0.25, -0.2) is 13.6 Å². The van der Waals surface area contributed by atoms with Crippen molar-refractivity contribution >= 4 is 38.9 Å². The Morgan fingerprint density at radius 1 is 1.00 bits per heavy atom. The van der Waals surface area contributed by atoms with Crippen molar-refractivity contribution in [2.75, 3.05) is 26.2 Å². The molecule has 0 bridgehead atoms. The monoisotopic (exact) mass is 475 g/mol. The number of rotatable bonds is 5. The zero-order chi connectivity index (χ0) is 22.0. The molecule has 162 valence electrons. The molecular weight excluding hydrogens is 454 g/mol. The lowest BCUT2D eigenvalue weighted by atomic mass is 10.2. The first-order valence-electron chi connectivity index (χ1n) is 9.79. The SMILES string of the molecule is NS(=O)(=O)c1ccc(C(=O)N2CCN(Cc3ccc(-c4cccc(Cl)c4)s3)CC2)cc1. The van der Waals surface area contributed by atoms with Gasteiger partial charge in [0.25, 0.3) is 5.91 Å². The van der Waals surface area contributed by atoms with Gasteiger partial charge in [-0.3, -0.25) is 9.69 Å². The highest BCUT2D eigenvalue weighted by Gasteiger charge is 2.23. The molecule has 0 saturated carbocycles. The van der Waals surface area contributed by atoms with E-state index in [1.54, 1.807) is 16.2 Å². The summed E-state index contributed by atoms with van der Waals surface area (Å²) in [5.74, 6) is -0.0972. The van der Waals surface area contributed by atoms with Crippen molar-refractivity contribution in [3.05, 3.63) is 76.1 Å². The van der Waals surface area contributed by atoms with Crippen LogP contribution in [0.4, 0.5) is 0 Å². The second kappa shape index (κ2) is 9.10. The van der Waals surface area contributed by atoms with Gasteiger partial charge in [0.2, 0.25) is 10.0 Å². The molecule has 1 amide bonds. The molecule has 6 nitrogen and oxygen atoms in total. The Kier molecular flexibility index (Phi) is 6.45. The molecule has 0 radical (unpaired) electrons. The fourth-order valence-corrected chi connectivity index (χ4v) is 5.31. The molecule has 1 saturated heterocycles. The normalized spacial score (nSPS) is 15.2. The van der Waals surface area contributed by atoms with Crippen molar-refractivity contribution in [2.45, 2.75) is 11.4 Å². The number of piperazine rings is 1. The number of amides is 1. The molecule has 0 unspecified atom stereocenters. The van der Waals surface area contributed by atoms with E-state index in [4.69, 9.17) is 16.7 Å². The van der Waals surface area contributed by atoms with Gasteiger partial charge in [-0.1, -0.05) is 23.7 Å². The highest BCUT2D eigenvalue weighted by Crippen LogP contribution is 2.30. The van der Waals surface area contributed by atoms with Gasteiger partial charge >= 0.3 is 0 Å². The maximum Gasteiger partial charge on any atom is 0.253 e. The van der Waals surface area contributed by atoms with Gasteiger partial charge in [0.05, 0.1) is 4.90 Å². The summed E-state index contributed by atoms with van der Waals surface area (Å²) >= 11 is 7.86. The molecule has 2 aromatic carbocycles. The Morgan fingerprint density at radius 2 is 1.71 bits per heavy atom. The first-order valence-corrected chi connectivity index (χ1v) is 12.5. The fraction of sp³-hybridized carbons (Fsp3) is 0.227. The van der Waals surface area contributed by atoms with E-state index in [0.717, 1.165) is 30.2 Å². The molecule has 0 spiro atoms. The third-order valence-electron chi connectivity index (χ3n) is 5.24. The maximum atomic E-state index is 12.7. The summed E-state index contributed by atoms with van der Waals surface area (Å²) in [4.78, 5) is 19.3. The Labute approximate surface area is 190 Å². The van der Waals surface area contributed by atoms with E-state index in [9.17, 15) is 13.2 Å². The van der Waals surface area contributed by atoms with Crippen LogP contribution in [0.3, 0.4) is 0 Å². The topological polar surface area (TPSA) is 83.7 Å². The lowest BCUT2D eigenvalue weighted by molar-refractivity contribution is 0.0629. The van der Waals surface area contributed by atoms with E-state index in [1.165, 1.54) is 34.0 Å². The summed E-state index contributed by atoms with van der Waals surface area (Å²) in [6.07, 6.45) is 0. The van der Waals surface area contributed by atoms with Crippen molar-refractivity contribution < 1.29 is 13.2 Å². The van der Waals surface area contributed by atoms with Crippen LogP contribution < -0.4 is 5.14 Å². The number of nitrogens with two attached hydrogens (primary N) is 1. The van der Waals surface area contributed by atoms with Crippen LogP contribution in [-0.4, -0.2) is 50.3 Å². The van der Waals surface area contributed by atoms with Gasteiger partial charge in [0.1, 0.15) is 0 Å². The van der Waals surface area contributed by atoms with E-state index in [2.05, 4.69) is 23.1 Å². The highest BCUT2D eigenvalue weighted by molar-refractivity contribution is 7.89. The van der Waals surface area contributed by atoms with Crippen LogP contribution in [0.15, 0.2) is 65.6 Å². The third-order valence-corrected chi connectivity index (χ3v) is 7.52. The molecular formula is C22H22ClN3O3S2. The van der Waals surface area contributed by atoms with Crippen LogP contribution in [0.1, 0.15) is 15.2 Å². The average Bonchev–Trinajstić information content (AvgIpc) is 3.22. The molecule has 2 heterocycles. The smallest absolute Gasteiger partial charge is 0.253 e. The molecule has 1 aliphatic heterocycles. The Balaban J connectivity index is 1.33. The lowest BCUT2D eigenvalue weighted by Crippen LogP contribution is -2.48. The zero-order valence-electron chi connectivity index (χ0n) is 16.7. The molecule has 4 rings (SSSR count). The standard InChI is InChI=1S/C22H22ClN3O3S2/c23-18-3-1-2-17(14-18)21-9-6-19(30-21)15-25-10-12-26(13-11-25)22(27)16-4-7-20(8-5-16)31(24,28)29/h1-9,14H,10-13,15H2,(H2,24,28,29). The van der Waals surface area contributed by atoms with Gasteiger partial charge in [0.15, 0.2) is 0 Å². The number of hydrogen-bond acceptors (Lipinski definition) is 5. The summed E-state index contributed by atoms with van der Waals surface area (Å²) in [6, 6.07) is 17.9. The zero-order valence-corrected chi connectivity index (χ0v) is 19.1. The number of thiophene rings is 1. The predicted molar refractivity (Wildman–Crippen MR) is 124 cm³/mol. The van der Waals surface area contributed by atoms with E-state index < -0.39 is 10.0 Å². The number of primary sulfonamides is 1. The van der Waals surface area contributed by atoms with Crippen LogP contribution in [0.2, 0.25) is 5.02 Å². The minimum absolute atomic E-state index is 0.00182. The number of carbonyl (C=O) groups is 1. The van der Waals surface area contributed by atoms with E-state index in [0.29, 0.717) is 18.7 Å². The number of benzene rings is 2. The number of hydrogen-bond donors (Lipinski definition) is 1. The largest absolute Gasteiger partial charge is 0.336 e. The van der Waals surface area contributed by atoms with Crippen LogP contribution in [0.5, 0.6) is 0 Å². The minimum Gasteiger partial charge on any atom is -0.336 e. The maximum absolute atomic E-state index is 12.7. The van der Waals surface area contributed by atoms with Gasteiger partial charge in [-0.15, -0.1) is 11.3 Å². The number of halogens is 1. The summed E-state index contributed by atoms with van der Waals surface area (Å²) < 4.78 is 22.7. The van der Waals surface area contributed by atoms with Crippen LogP contribution >= 0.6 is 22.9 Å². The Bertz CT molecular complexity index is 1180. The van der Waals surface area contributed by atoms with Gasteiger partial charge in [0, 0.05) is 53.1 Å². The lowest BCUT2D eigenvalue weighted by Gasteiger charge is -2.34. The third kappa shape index (κ3) is 5.34. The number of sulfonamides is 1. The molecule has 31 heavy (non-hydrogen) atoms. The number of nitrogens with zero attached hydrogens (tertiary/aromatic N) is 2. The van der Waals surface area contributed by atoms with Gasteiger partial charge in [-0.2, -0.15) is 0 Å². The van der Waals surface area contributed by atoms with E-state index in [-0.39, 0.29) is 10.8 Å². The van der Waals surface area contributed by atoms with Crippen molar-refractivity contribution in [1.82, 2.24) is 9.80 Å². The average molecular weight is 476 g/mol. The van der Waals surface area contributed by atoms with E-state index in [1.807, 2.05) is 18.2 Å². The molecule has 9 heteroatoms. The summed E-state index contributed by atoms with van der Waals surface area (Å²) in [5.41, 5.74) is 1.58. The first-order chi connectivity index (χ1) is 14.8. The Morgan fingerprint density at radius 3 is 2.35 bits per heavy atom. The molecule has 2 N–H and O–H groups in total. The van der Waals surface area contributed by atoms with Gasteiger partial charge < -0.3 is 4.90 Å². The molecule has 0 atom stereocenters. The molecule has 3 aromatic rings. The first kappa shape index (κ1) is 22.0. The van der Waals surface area contributed by atoms with Gasteiger partial charge in [-0.05, 0) is 54.1 Å². The van der Waals surface area contributed by atoms with Crippen molar-refractivity contribution in [2.24, 2.45) is 5.14 Å². The van der Waals surface area contributed by atoms with Crippen molar-refractivity contribution in [3.63, 3.8) is 0 Å². The molecule has 0 aliphatic carbocycles. The quantitative estimate of drug-likeness (QED) is 0.610. The van der Waals surface area contributed by atoms with Crippen LogP contribution in [-0.2, 0) is 16.6 Å². The predicted octanol–water partition coefficient (Wildman–Crippen LogP) is 3.67. The minimum atomic E-state index is -3.76. The van der Waals surface area contributed by atoms with Crippen LogP contribution in [0.25, 0.3) is 10.4 Å². The van der Waals surface area contributed by atoms with Crippen molar-refractivity contribution in [3.8, 4) is 10.4 Å². The highest BCUT2D eigenvalue weighted by atomic mass is 35.5. The second-order valence-electron chi connectivity index (χ2n) is 7.41. The summed E-state index contributed by atoms with van der Waals surface area (Å²) in [7, 11) is -3.76. The van der Waals surface area contributed by atoms with Crippen molar-refractivity contribution in [1.29, 1.82) is 0 Å². The number of carbonyl (C=O) groups excluding carboxylic acids is 1. The second-order valence-corrected chi connectivity index (χ2v) is 10.6. The molecule has 1 fully saturated rings. The summed E-state index contributed by atoms with van der Waals surface area (Å²) in [6.45, 7) is 3.66. The molecule has 1 aliphatic rings. The fourth-order valence-electron chi connectivity index (χ4n) is 3.56. The Hall–Kier alpha value is -2.23. The van der Waals surface area contributed by atoms with Crippen LogP contribution in [0, 0.1) is 0 Å². The van der Waals surface area contributed by atoms with E-state index >= 15 is 0 Å².